The average Bonchev–Trinajstić information content (AvgIpc) is 2.83. The van der Waals surface area contributed by atoms with Crippen molar-refractivity contribution in [3.63, 3.8) is 0 Å². The first-order valence-corrected chi connectivity index (χ1v) is 7.43. The maximum atomic E-state index is 11.5. The zero-order chi connectivity index (χ0) is 15.7. The van der Waals surface area contributed by atoms with E-state index in [0.29, 0.717) is 17.8 Å². The normalized spacial score (nSPS) is 10.5. The van der Waals surface area contributed by atoms with Crippen LogP contribution in [0.15, 0.2) is 53.1 Å². The monoisotopic (exact) mass is 353 g/mol. The van der Waals surface area contributed by atoms with Crippen molar-refractivity contribution >= 4 is 38.4 Å². The number of nitrogens with zero attached hydrogens (tertiary/aromatic N) is 2. The molecule has 5 heteroatoms. The number of primary amides is 1. The summed E-state index contributed by atoms with van der Waals surface area (Å²) in [6, 6.07) is 12.9. The maximum Gasteiger partial charge on any atom is 0.249 e. The Morgan fingerprint density at radius 1 is 1.27 bits per heavy atom. The second-order valence-electron chi connectivity index (χ2n) is 4.94. The zero-order valence-corrected chi connectivity index (χ0v) is 13.2. The largest absolute Gasteiger partial charge is 0.366 e. The van der Waals surface area contributed by atoms with Gasteiger partial charge in [-0.15, -0.1) is 0 Å². The van der Waals surface area contributed by atoms with E-state index in [2.05, 4.69) is 20.8 Å². The molecule has 0 radical (unpaired) electrons. The van der Waals surface area contributed by atoms with Gasteiger partial charge in [0.25, 0.3) is 0 Å². The summed E-state index contributed by atoms with van der Waals surface area (Å²) in [5.74, 6) is -0.429. The highest BCUT2D eigenvalue weighted by atomic mass is 79.9. The summed E-state index contributed by atoms with van der Waals surface area (Å²) in [6.07, 6.45) is 1.95. The smallest absolute Gasteiger partial charge is 0.249 e. The van der Waals surface area contributed by atoms with Crippen LogP contribution in [-0.2, 0) is 6.54 Å². The van der Waals surface area contributed by atoms with Gasteiger partial charge in [0.1, 0.15) is 0 Å². The van der Waals surface area contributed by atoms with Gasteiger partial charge < -0.3 is 10.3 Å². The number of aromatic nitrogens is 1. The van der Waals surface area contributed by atoms with Gasteiger partial charge in [0.05, 0.1) is 6.57 Å². The minimum absolute atomic E-state index is 0.429. The van der Waals surface area contributed by atoms with Crippen molar-refractivity contribution in [2.75, 3.05) is 0 Å². The third kappa shape index (κ3) is 2.49. The molecule has 0 unspecified atom stereocenters. The van der Waals surface area contributed by atoms with E-state index in [4.69, 9.17) is 12.3 Å². The van der Waals surface area contributed by atoms with Crippen LogP contribution in [0.4, 0.5) is 5.69 Å². The van der Waals surface area contributed by atoms with Crippen molar-refractivity contribution in [3.8, 4) is 0 Å². The van der Waals surface area contributed by atoms with Crippen molar-refractivity contribution in [1.29, 1.82) is 0 Å². The second-order valence-corrected chi connectivity index (χ2v) is 5.79. The molecule has 3 rings (SSSR count). The van der Waals surface area contributed by atoms with Crippen LogP contribution < -0.4 is 5.73 Å². The molecular formula is C17H12BrN3O. The summed E-state index contributed by atoms with van der Waals surface area (Å²) >= 11 is 3.53. The minimum atomic E-state index is -0.429. The van der Waals surface area contributed by atoms with Crippen LogP contribution in [0, 0.1) is 6.57 Å². The number of carbonyl (C=O) groups is 1. The highest BCUT2D eigenvalue weighted by Gasteiger charge is 2.11. The Balaban J connectivity index is 2.09. The molecule has 1 amide bonds. The van der Waals surface area contributed by atoms with Crippen LogP contribution in [0.25, 0.3) is 15.7 Å². The van der Waals surface area contributed by atoms with Crippen molar-refractivity contribution in [1.82, 2.24) is 4.57 Å². The molecule has 2 aromatic carbocycles. The first kappa shape index (κ1) is 14.4. The van der Waals surface area contributed by atoms with Crippen LogP contribution in [0.1, 0.15) is 15.9 Å². The predicted octanol–water partition coefficient (Wildman–Crippen LogP) is 4.10. The minimum Gasteiger partial charge on any atom is -0.366 e. The van der Waals surface area contributed by atoms with Crippen molar-refractivity contribution in [3.05, 3.63) is 75.7 Å². The average molecular weight is 354 g/mol. The first-order chi connectivity index (χ1) is 10.6. The van der Waals surface area contributed by atoms with Gasteiger partial charge in [-0.2, -0.15) is 0 Å². The Labute approximate surface area is 136 Å². The van der Waals surface area contributed by atoms with E-state index in [1.165, 1.54) is 0 Å². The summed E-state index contributed by atoms with van der Waals surface area (Å²) in [4.78, 5) is 15.0. The number of amides is 1. The summed E-state index contributed by atoms with van der Waals surface area (Å²) < 4.78 is 2.96. The highest BCUT2D eigenvalue weighted by Crippen LogP contribution is 2.30. The Morgan fingerprint density at radius 3 is 2.77 bits per heavy atom. The molecule has 0 atom stereocenters. The first-order valence-electron chi connectivity index (χ1n) is 6.63. The van der Waals surface area contributed by atoms with Gasteiger partial charge in [-0.3, -0.25) is 4.79 Å². The summed E-state index contributed by atoms with van der Waals surface area (Å²) in [7, 11) is 0. The lowest BCUT2D eigenvalue weighted by atomic mass is 10.1. The lowest BCUT2D eigenvalue weighted by Gasteiger charge is -2.09. The molecule has 3 aromatic rings. The van der Waals surface area contributed by atoms with Crippen LogP contribution >= 0.6 is 15.9 Å². The van der Waals surface area contributed by atoms with Crippen LogP contribution in [0.5, 0.6) is 0 Å². The van der Waals surface area contributed by atoms with E-state index in [9.17, 15) is 4.79 Å². The van der Waals surface area contributed by atoms with Crippen LogP contribution in [0.3, 0.4) is 0 Å². The molecule has 108 valence electrons. The third-order valence-corrected chi connectivity index (χ3v) is 4.20. The molecule has 0 spiro atoms. The fourth-order valence-corrected chi connectivity index (χ4v) is 3.09. The van der Waals surface area contributed by atoms with Gasteiger partial charge in [0.2, 0.25) is 5.91 Å². The number of nitrogens with two attached hydrogens (primary N) is 1. The van der Waals surface area contributed by atoms with Crippen LogP contribution in [-0.4, -0.2) is 10.5 Å². The lowest BCUT2D eigenvalue weighted by Crippen LogP contribution is -2.14. The fourth-order valence-electron chi connectivity index (χ4n) is 2.52. The van der Waals surface area contributed by atoms with E-state index in [0.717, 1.165) is 20.9 Å². The van der Waals surface area contributed by atoms with E-state index < -0.39 is 5.91 Å². The zero-order valence-electron chi connectivity index (χ0n) is 11.6. The Kier molecular flexibility index (Phi) is 3.70. The number of hydrogen-bond acceptors (Lipinski definition) is 1. The summed E-state index contributed by atoms with van der Waals surface area (Å²) in [5, 5.41) is 0.977. The number of fused-ring (bicyclic) bond motifs is 1. The molecule has 4 nitrogen and oxygen atoms in total. The SMILES string of the molecule is [C-]#[N+]c1ccc2c(c1)c(Br)cn2Cc1ccccc1C(N)=O. The number of carbonyl (C=O) groups excluding carboxylic acids is 1. The predicted molar refractivity (Wildman–Crippen MR) is 90.0 cm³/mol. The van der Waals surface area contributed by atoms with Gasteiger partial charge in [0.15, 0.2) is 5.69 Å². The van der Waals surface area contributed by atoms with E-state index in [-0.39, 0.29) is 0 Å². The van der Waals surface area contributed by atoms with Crippen LogP contribution in [0.2, 0.25) is 0 Å². The molecule has 2 N–H and O–H groups in total. The van der Waals surface area contributed by atoms with Crippen molar-refractivity contribution in [2.24, 2.45) is 5.73 Å². The molecule has 0 bridgehead atoms. The molecule has 0 aliphatic carbocycles. The molecule has 0 aliphatic rings. The number of halogens is 1. The maximum absolute atomic E-state index is 11.5. The standard InChI is InChI=1S/C17H12BrN3O/c1-20-12-6-7-16-14(8-12)15(18)10-21(16)9-11-4-2-3-5-13(11)17(19)22/h2-8,10H,9H2,(H2,19,22). The number of hydrogen-bond donors (Lipinski definition) is 1. The molecule has 0 saturated heterocycles. The Hall–Kier alpha value is -2.58. The van der Waals surface area contributed by atoms with Gasteiger partial charge in [-0.1, -0.05) is 24.3 Å². The van der Waals surface area contributed by atoms with Crippen molar-refractivity contribution < 1.29 is 4.79 Å². The van der Waals surface area contributed by atoms with Gasteiger partial charge in [-0.25, -0.2) is 4.85 Å². The Bertz CT molecular complexity index is 921. The number of benzene rings is 2. The number of rotatable bonds is 3. The quantitative estimate of drug-likeness (QED) is 0.708. The summed E-state index contributed by atoms with van der Waals surface area (Å²) in [6.45, 7) is 7.64. The second kappa shape index (κ2) is 5.66. The molecular weight excluding hydrogens is 342 g/mol. The van der Waals surface area contributed by atoms with E-state index in [1.807, 2.05) is 35.0 Å². The molecule has 0 saturated carbocycles. The third-order valence-electron chi connectivity index (χ3n) is 3.57. The van der Waals surface area contributed by atoms with Crippen molar-refractivity contribution in [2.45, 2.75) is 6.54 Å². The molecule has 1 heterocycles. The molecule has 0 aliphatic heterocycles. The molecule has 22 heavy (non-hydrogen) atoms. The van der Waals surface area contributed by atoms with E-state index >= 15 is 0 Å². The fraction of sp³-hybridized carbons (Fsp3) is 0.0588. The topological polar surface area (TPSA) is 52.4 Å². The lowest BCUT2D eigenvalue weighted by molar-refractivity contribution is 0.0999. The molecule has 1 aromatic heterocycles. The Morgan fingerprint density at radius 2 is 2.05 bits per heavy atom. The van der Waals surface area contributed by atoms with Gasteiger partial charge in [0, 0.05) is 33.7 Å². The highest BCUT2D eigenvalue weighted by molar-refractivity contribution is 9.10. The molecule has 0 fully saturated rings. The van der Waals surface area contributed by atoms with Gasteiger partial charge >= 0.3 is 0 Å². The van der Waals surface area contributed by atoms with E-state index in [1.54, 1.807) is 18.2 Å². The summed E-state index contributed by atoms with van der Waals surface area (Å²) in [5.41, 5.74) is 8.43. The van der Waals surface area contributed by atoms with Gasteiger partial charge in [-0.05, 0) is 39.7 Å².